The van der Waals surface area contributed by atoms with Crippen molar-refractivity contribution in [1.82, 2.24) is 5.32 Å². The van der Waals surface area contributed by atoms with Gasteiger partial charge in [0.1, 0.15) is 6.04 Å². The van der Waals surface area contributed by atoms with Crippen LogP contribution in [-0.4, -0.2) is 134 Å². The van der Waals surface area contributed by atoms with Gasteiger partial charge in [0.2, 0.25) is 6.04 Å². The number of carboxylic acids is 3. The number of carbonyl (C=O) groups is 3. The monoisotopic (exact) mass is 263 g/mol. The Balaban J connectivity index is -0.000000240. The van der Waals surface area contributed by atoms with Gasteiger partial charge in [-0.3, -0.25) is 10.1 Å². The quantitative estimate of drug-likeness (QED) is 0.301. The van der Waals surface area contributed by atoms with Crippen LogP contribution in [0.25, 0.3) is 0 Å². The molecule has 16 heavy (non-hydrogen) atoms. The Kier molecular flexibility index (Phi) is 20.9. The van der Waals surface area contributed by atoms with Gasteiger partial charge in [0.25, 0.3) is 0 Å². The van der Waals surface area contributed by atoms with Crippen molar-refractivity contribution in [2.75, 3.05) is 0 Å². The van der Waals surface area contributed by atoms with Gasteiger partial charge in [0, 0.05) is 0 Å². The molecule has 0 aliphatic rings. The summed E-state index contributed by atoms with van der Waals surface area (Å²) in [6.45, 7) is 1.15. The summed E-state index contributed by atoms with van der Waals surface area (Å²) in [5, 5.41) is 26.9. The molecule has 80 valence electrons. The summed E-state index contributed by atoms with van der Waals surface area (Å²) in [6, 6.07) is -3.12. The summed E-state index contributed by atoms with van der Waals surface area (Å²) in [4.78, 5) is 30.8. The van der Waals surface area contributed by atoms with Crippen molar-refractivity contribution in [3.63, 3.8) is 0 Å². The Morgan fingerprint density at radius 3 is 1.38 bits per heavy atom. The first kappa shape index (κ1) is 26.0. The molecule has 10 heteroatoms. The topological polar surface area (TPSA) is 124 Å². The van der Waals surface area contributed by atoms with Gasteiger partial charge in [-0.2, -0.15) is 0 Å². The molecule has 0 amide bonds. The molecule has 4 N–H and O–H groups in total. The fraction of sp³-hybridized carbons (Fsp3) is 0.500. The third-order valence-electron chi connectivity index (χ3n) is 1.28. The molecule has 0 heterocycles. The fourth-order valence-corrected chi connectivity index (χ4v) is 0.569. The van der Waals surface area contributed by atoms with E-state index in [9.17, 15) is 14.4 Å². The number of aliphatic carboxylic acids is 3. The zero-order valence-electron chi connectivity index (χ0n) is 6.72. The average Bonchev–Trinajstić information content (AvgIpc) is 1.97. The van der Waals surface area contributed by atoms with Crippen LogP contribution in [0, 0.1) is 0 Å². The summed E-state index contributed by atoms with van der Waals surface area (Å²) in [7, 11) is 0. The molecule has 0 aliphatic carbocycles. The van der Waals surface area contributed by atoms with Crippen molar-refractivity contribution in [3.8, 4) is 0 Å². The van der Waals surface area contributed by atoms with Gasteiger partial charge in [0.15, 0.2) is 0 Å². The summed E-state index contributed by atoms with van der Waals surface area (Å²) in [5.74, 6) is -4.56. The first-order valence-corrected chi connectivity index (χ1v) is 3.30. The maximum absolute atomic E-state index is 10.3. The summed E-state index contributed by atoms with van der Waals surface area (Å²) < 4.78 is 0. The minimum absolute atomic E-state index is 0. The molecule has 0 fully saturated rings. The van der Waals surface area contributed by atoms with E-state index in [1.807, 2.05) is 5.32 Å². The van der Waals surface area contributed by atoms with Gasteiger partial charge >= 0.3 is 107 Å². The normalized spacial score (nSPS) is 10.1. The maximum atomic E-state index is 10.3. The molecule has 1 atom stereocenters. The van der Waals surface area contributed by atoms with Crippen LogP contribution in [0.4, 0.5) is 0 Å². The van der Waals surface area contributed by atoms with Gasteiger partial charge in [-0.05, 0) is 6.92 Å². The van der Waals surface area contributed by atoms with Gasteiger partial charge in [0.05, 0.1) is 0 Å². The first-order chi connectivity index (χ1) is 5.86. The van der Waals surface area contributed by atoms with Gasteiger partial charge in [-0.1, -0.05) is 0 Å². The number of nitrogens with one attached hydrogen (secondary N) is 1. The first-order valence-electron chi connectivity index (χ1n) is 3.30. The minimum atomic E-state index is -1.90. The molecule has 0 aromatic carbocycles. The van der Waals surface area contributed by atoms with Crippen molar-refractivity contribution in [2.24, 2.45) is 0 Å². The second-order valence-electron chi connectivity index (χ2n) is 2.34. The third kappa shape index (κ3) is 10.5. The fourth-order valence-electron chi connectivity index (χ4n) is 0.569. The number of hydrogen-bond donors (Lipinski definition) is 4. The van der Waals surface area contributed by atoms with Crippen molar-refractivity contribution in [1.29, 1.82) is 0 Å². The Morgan fingerprint density at radius 2 is 1.19 bits per heavy atom. The Morgan fingerprint density at radius 1 is 0.875 bits per heavy atom. The molecule has 0 bridgehead atoms. The SMILES string of the molecule is CC(NC(C(=O)O)C(=O)O)C(=O)O.[NaH].[NaH].[NaH]. The van der Waals surface area contributed by atoms with E-state index >= 15 is 0 Å². The zero-order chi connectivity index (χ0) is 10.6. The van der Waals surface area contributed by atoms with Crippen LogP contribution in [0.1, 0.15) is 6.92 Å². The van der Waals surface area contributed by atoms with Crippen LogP contribution in [0.2, 0.25) is 0 Å². The van der Waals surface area contributed by atoms with E-state index < -0.39 is 30.0 Å². The van der Waals surface area contributed by atoms with Crippen molar-refractivity contribution < 1.29 is 29.7 Å². The van der Waals surface area contributed by atoms with E-state index in [1.54, 1.807) is 0 Å². The van der Waals surface area contributed by atoms with E-state index in [0.29, 0.717) is 0 Å². The standard InChI is InChI=1S/C6H9NO6.3Na.3H/c1-2(4(8)9)7-3(5(10)11)6(12)13;;;;;;/h2-3,7H,1H3,(H,8,9)(H,10,11)(H,12,13);;;;;;. The zero-order valence-corrected chi connectivity index (χ0v) is 6.72. The molecule has 0 spiro atoms. The Labute approximate surface area is 158 Å². The second kappa shape index (κ2) is 12.8. The average molecular weight is 263 g/mol. The van der Waals surface area contributed by atoms with Crippen molar-refractivity contribution >= 4 is 107 Å². The van der Waals surface area contributed by atoms with Gasteiger partial charge in [-0.25, -0.2) is 9.59 Å². The predicted molar refractivity (Wildman–Crippen MR) is 60.7 cm³/mol. The summed E-state index contributed by atoms with van der Waals surface area (Å²) >= 11 is 0. The van der Waals surface area contributed by atoms with Crippen LogP contribution in [0.5, 0.6) is 0 Å². The number of hydrogen-bond acceptors (Lipinski definition) is 4. The molecule has 1 unspecified atom stereocenters. The van der Waals surface area contributed by atoms with Crippen LogP contribution in [-0.2, 0) is 14.4 Å². The molecule has 0 aliphatic heterocycles. The predicted octanol–water partition coefficient (Wildman–Crippen LogP) is -3.36. The molecule has 0 aromatic heterocycles. The molecule has 0 saturated carbocycles. The molecule has 0 aromatic rings. The van der Waals surface area contributed by atoms with Gasteiger partial charge in [-0.15, -0.1) is 0 Å². The molecular formula is C6H12NNa3O6. The van der Waals surface area contributed by atoms with Crippen molar-refractivity contribution in [3.05, 3.63) is 0 Å². The Hall–Kier alpha value is 1.37. The molecular weight excluding hydrogens is 251 g/mol. The van der Waals surface area contributed by atoms with Crippen LogP contribution < -0.4 is 5.32 Å². The third-order valence-corrected chi connectivity index (χ3v) is 1.28. The van der Waals surface area contributed by atoms with Crippen LogP contribution in [0.15, 0.2) is 0 Å². The van der Waals surface area contributed by atoms with E-state index in [-0.39, 0.29) is 88.7 Å². The van der Waals surface area contributed by atoms with Crippen LogP contribution >= 0.6 is 0 Å². The van der Waals surface area contributed by atoms with Crippen LogP contribution in [0.3, 0.4) is 0 Å². The van der Waals surface area contributed by atoms with E-state index in [0.717, 1.165) is 6.92 Å². The van der Waals surface area contributed by atoms with E-state index in [2.05, 4.69) is 0 Å². The van der Waals surface area contributed by atoms with E-state index in [4.69, 9.17) is 15.3 Å². The summed E-state index contributed by atoms with van der Waals surface area (Å²) in [6.07, 6.45) is 0. The molecule has 0 saturated heterocycles. The summed E-state index contributed by atoms with van der Waals surface area (Å²) in [5.41, 5.74) is 0. The van der Waals surface area contributed by atoms with E-state index in [1.165, 1.54) is 0 Å². The molecule has 0 radical (unpaired) electrons. The van der Waals surface area contributed by atoms with Crippen molar-refractivity contribution in [2.45, 2.75) is 19.0 Å². The number of rotatable bonds is 5. The number of carboxylic acid groups (broad SMARTS) is 3. The Bertz CT molecular complexity index is 234. The molecule has 0 rings (SSSR count). The van der Waals surface area contributed by atoms with Gasteiger partial charge < -0.3 is 15.3 Å². The second-order valence-corrected chi connectivity index (χ2v) is 2.34. The molecule has 7 nitrogen and oxygen atoms in total.